The molecule has 0 bridgehead atoms. The zero-order valence-electron chi connectivity index (χ0n) is 35.5. The van der Waals surface area contributed by atoms with E-state index in [2.05, 4.69) is 0 Å². The summed E-state index contributed by atoms with van der Waals surface area (Å²) < 4.78 is 353. The number of halogens is 24. The molecule has 5 aromatic carbocycles. The fraction of sp³-hybridized carbons (Fsp3) is 0.227. The van der Waals surface area contributed by atoms with E-state index in [1.807, 2.05) is 18.2 Å². The molecule has 0 radical (unpaired) electrons. The van der Waals surface area contributed by atoms with Crippen molar-refractivity contribution in [2.24, 2.45) is 0 Å². The van der Waals surface area contributed by atoms with E-state index in [4.69, 9.17) is 10.5 Å². The fourth-order valence-corrected chi connectivity index (χ4v) is 8.64. The average molecular weight is 1090 g/mol. The maximum Gasteiger partial charge on any atom is 0.416 e. The second-order valence-electron chi connectivity index (χ2n) is 15.5. The van der Waals surface area contributed by atoms with Crippen molar-refractivity contribution in [1.82, 2.24) is 0 Å². The maximum atomic E-state index is 14.2. The predicted octanol–water partition coefficient (Wildman–Crippen LogP) is 13.4. The average Bonchev–Trinajstić information content (AvgIpc) is 3.25. The van der Waals surface area contributed by atoms with Crippen molar-refractivity contribution in [2.45, 2.75) is 54.3 Å². The molecule has 0 amide bonds. The normalized spacial score (nSPS) is 14.0. The third-order valence-corrected chi connectivity index (χ3v) is 12.6. The number of allylic oxidation sites excluding steroid dienone is 1. The first kappa shape index (κ1) is 58.9. The van der Waals surface area contributed by atoms with Gasteiger partial charge in [-0.25, -0.2) is 0 Å². The van der Waals surface area contributed by atoms with Gasteiger partial charge in [-0.2, -0.15) is 138 Å². The van der Waals surface area contributed by atoms with Crippen molar-refractivity contribution in [3.05, 3.63) is 159 Å². The van der Waals surface area contributed by atoms with Crippen molar-refractivity contribution in [3.63, 3.8) is 0 Å². The van der Waals surface area contributed by atoms with Gasteiger partial charge in [0.15, 0.2) is 4.90 Å². The largest absolute Gasteiger partial charge is 0.416 e. The van der Waals surface area contributed by atoms with Crippen LogP contribution in [0.3, 0.4) is 0 Å². The third-order valence-electron chi connectivity index (χ3n) is 10.5. The summed E-state index contributed by atoms with van der Waals surface area (Å²) in [5.74, 6) is 0.216. The monoisotopic (exact) mass is 1090 g/mol. The Morgan fingerprint density at radius 1 is 0.411 bits per heavy atom. The minimum atomic E-state index is -6.13. The summed E-state index contributed by atoms with van der Waals surface area (Å²) in [5.41, 5.74) is -30.2. The Morgan fingerprint density at radius 2 is 0.616 bits per heavy atom. The van der Waals surface area contributed by atoms with Crippen LogP contribution in [-0.4, -0.2) is 18.2 Å². The summed E-state index contributed by atoms with van der Waals surface area (Å²) in [6.45, 7) is 0. The summed E-state index contributed by atoms with van der Waals surface area (Å²) in [4.78, 5) is 0.737. The van der Waals surface area contributed by atoms with E-state index in [1.165, 1.54) is 6.08 Å². The Kier molecular flexibility index (Phi) is 16.1. The second kappa shape index (κ2) is 20.0. The van der Waals surface area contributed by atoms with Crippen molar-refractivity contribution in [3.8, 4) is 12.1 Å². The number of hydrogen-bond donors (Lipinski definition) is 0. The minimum Gasteiger partial charge on any atom is -0.194 e. The standard InChI is InChI=1S/C32H12BF24.C12H11N2OS/c34-25(35,36)13-1-14(26(37,38)39)6-21(5-13)33(22-7-15(27(40,41)42)2-16(8-22)28(43,44)45,23-9-17(29(46,47)48)3-18(10-23)30(49,50)51)24-11-19(31(52,53)54)4-20(12-24)32(55,56)57;1-16(15,8-7-11(9-13)10-14)12-5-3-2-4-6-12/h1-12H;2-7H,8H2,1H3/q-1;+1. The molecule has 0 saturated carbocycles. The Hall–Kier alpha value is -6.65. The lowest BCUT2D eigenvalue weighted by atomic mass is 9.12. The van der Waals surface area contributed by atoms with Gasteiger partial charge in [-0.3, -0.25) is 0 Å². The van der Waals surface area contributed by atoms with Crippen LogP contribution in [0.4, 0.5) is 105 Å². The highest BCUT2D eigenvalue weighted by molar-refractivity contribution is 8.02. The number of nitriles is 2. The van der Waals surface area contributed by atoms with Gasteiger partial charge in [-0.15, -0.1) is 0 Å². The minimum absolute atomic E-state index is 0.00510. The molecule has 0 aliphatic carbocycles. The molecule has 0 aromatic heterocycles. The molecular weight excluding hydrogens is 1070 g/mol. The Labute approximate surface area is 395 Å². The number of hydrogen-bond acceptors (Lipinski definition) is 3. The van der Waals surface area contributed by atoms with Gasteiger partial charge in [0.2, 0.25) is 0 Å². The van der Waals surface area contributed by atoms with Gasteiger partial charge in [0, 0.05) is 0 Å². The lowest BCUT2D eigenvalue weighted by molar-refractivity contribution is -0.144. The van der Waals surface area contributed by atoms with Gasteiger partial charge >= 0.3 is 49.4 Å². The van der Waals surface area contributed by atoms with Crippen LogP contribution in [0.25, 0.3) is 0 Å². The van der Waals surface area contributed by atoms with Crippen LogP contribution in [-0.2, 0) is 63.6 Å². The maximum absolute atomic E-state index is 14.2. The smallest absolute Gasteiger partial charge is 0.194 e. The van der Waals surface area contributed by atoms with Crippen LogP contribution in [0, 0.1) is 22.7 Å². The molecule has 392 valence electrons. The molecule has 0 saturated heterocycles. The van der Waals surface area contributed by atoms with Crippen LogP contribution in [0.5, 0.6) is 0 Å². The van der Waals surface area contributed by atoms with Gasteiger partial charge < -0.3 is 0 Å². The molecule has 3 nitrogen and oxygen atoms in total. The predicted molar refractivity (Wildman–Crippen MR) is 213 cm³/mol. The molecule has 1 atom stereocenters. The zero-order valence-corrected chi connectivity index (χ0v) is 36.3. The van der Waals surface area contributed by atoms with Gasteiger partial charge in [0.25, 0.3) is 0 Å². The fourth-order valence-electron chi connectivity index (χ4n) is 7.23. The van der Waals surface area contributed by atoms with Crippen molar-refractivity contribution >= 4 is 37.9 Å². The number of benzene rings is 5. The van der Waals surface area contributed by atoms with Crippen molar-refractivity contribution < 1.29 is 110 Å². The molecule has 5 rings (SSSR count). The molecule has 0 heterocycles. The van der Waals surface area contributed by atoms with Gasteiger partial charge in [-0.1, -0.05) is 70.9 Å². The number of rotatable bonds is 7. The van der Waals surface area contributed by atoms with Gasteiger partial charge in [0.05, 0.1) is 44.5 Å². The lowest BCUT2D eigenvalue weighted by Crippen LogP contribution is -2.75. The van der Waals surface area contributed by atoms with E-state index < -0.39 is 205 Å². The van der Waals surface area contributed by atoms with E-state index in [1.54, 1.807) is 30.5 Å². The van der Waals surface area contributed by atoms with Crippen LogP contribution in [0.2, 0.25) is 0 Å². The van der Waals surface area contributed by atoms with Crippen molar-refractivity contribution in [1.29, 1.82) is 10.5 Å². The van der Waals surface area contributed by atoms with Crippen LogP contribution < -0.4 is 21.9 Å². The highest BCUT2D eigenvalue weighted by Crippen LogP contribution is 2.41. The summed E-state index contributed by atoms with van der Waals surface area (Å²) in [6, 6.07) is 3.75. The summed E-state index contributed by atoms with van der Waals surface area (Å²) >= 11 is 0. The summed E-state index contributed by atoms with van der Waals surface area (Å²) in [5, 5.41) is 17.1. The molecule has 0 aliphatic rings. The van der Waals surface area contributed by atoms with Crippen molar-refractivity contribution in [2.75, 3.05) is 12.0 Å². The first-order valence-corrected chi connectivity index (χ1v) is 21.4. The second-order valence-corrected chi connectivity index (χ2v) is 18.4. The number of alkyl halides is 24. The highest BCUT2D eigenvalue weighted by Gasteiger charge is 2.47. The van der Waals surface area contributed by atoms with E-state index >= 15 is 0 Å². The lowest BCUT2D eigenvalue weighted by Gasteiger charge is -2.46. The first-order valence-electron chi connectivity index (χ1n) is 19.2. The first-order chi connectivity index (χ1) is 32.9. The summed E-state index contributed by atoms with van der Waals surface area (Å²) in [6.07, 6.45) is -51.7. The molecule has 73 heavy (non-hydrogen) atoms. The Morgan fingerprint density at radius 3 is 0.795 bits per heavy atom. The third kappa shape index (κ3) is 13.9. The van der Waals surface area contributed by atoms with Crippen LogP contribution in [0.15, 0.2) is 120 Å². The molecule has 0 N–H and O–H groups in total. The molecule has 0 fully saturated rings. The zero-order chi connectivity index (χ0) is 55.9. The van der Waals surface area contributed by atoms with E-state index in [0.29, 0.717) is 0 Å². The SMILES string of the molecule is C[S+](=O)(CC=C(C#N)C#N)c1ccccc1.FC(F)(F)c1cc([B-](c2cc(C(F)(F)F)cc(C(F)(F)F)c2)(c2cc(C(F)(F)F)cc(C(F)(F)F)c2)c2cc(C(F)(F)F)cc(C(F)(F)F)c2)cc(C(F)(F)F)c1. The van der Waals surface area contributed by atoms with E-state index in [-0.39, 0.29) is 11.3 Å². The quantitative estimate of drug-likeness (QED) is 0.0706. The molecule has 0 spiro atoms. The van der Waals surface area contributed by atoms with E-state index in [0.717, 1.165) is 4.90 Å². The molecule has 5 aromatic rings. The molecule has 1 unspecified atom stereocenters. The summed E-state index contributed by atoms with van der Waals surface area (Å²) in [7, 11) is -2.20. The van der Waals surface area contributed by atoms with Gasteiger partial charge in [-0.05, 0) is 42.5 Å². The van der Waals surface area contributed by atoms with Gasteiger partial charge in [0.1, 0.15) is 45.8 Å². The Bertz CT molecular complexity index is 2550. The molecular formula is C44H23BF24N2OS. The van der Waals surface area contributed by atoms with Crippen LogP contribution in [0.1, 0.15) is 44.5 Å². The Balaban J connectivity index is 0.000000613. The topological polar surface area (TPSA) is 64.7 Å². The highest BCUT2D eigenvalue weighted by atomic mass is 32.2. The molecule has 0 aliphatic heterocycles. The van der Waals surface area contributed by atoms with Crippen LogP contribution >= 0.6 is 0 Å². The van der Waals surface area contributed by atoms with E-state index in [9.17, 15) is 110 Å². The number of nitrogens with zero attached hydrogens (tertiary/aromatic N) is 2. The molecule has 29 heteroatoms.